The smallest absolute Gasteiger partial charge is 0.410 e. The maximum atomic E-state index is 14.7. The first-order valence-electron chi connectivity index (χ1n) is 12.2. The molecule has 0 radical (unpaired) electrons. The van der Waals surface area contributed by atoms with E-state index in [9.17, 15) is 9.18 Å². The monoisotopic (exact) mass is 525 g/mol. The second kappa shape index (κ2) is 11.4. The lowest BCUT2D eigenvalue weighted by Crippen LogP contribution is -2.43. The number of carbonyl (C=O) groups is 1. The van der Waals surface area contributed by atoms with E-state index in [0.717, 1.165) is 5.56 Å². The van der Waals surface area contributed by atoms with Crippen LogP contribution in [0.25, 0.3) is 0 Å². The van der Waals surface area contributed by atoms with Gasteiger partial charge in [-0.2, -0.15) is 0 Å². The maximum absolute atomic E-state index is 14.7. The van der Waals surface area contributed by atoms with Crippen LogP contribution in [0.1, 0.15) is 50.0 Å². The summed E-state index contributed by atoms with van der Waals surface area (Å²) in [6.07, 6.45) is 3.72. The lowest BCUT2D eigenvalue weighted by Gasteiger charge is -2.33. The molecular weight excluding hydrogens is 493 g/mol. The number of aryl methyl sites for hydroxylation is 1. The van der Waals surface area contributed by atoms with Crippen molar-refractivity contribution in [2.45, 2.75) is 64.6 Å². The molecule has 4 rings (SSSR count). The number of thiocarbonyl (C=S) groups is 1. The van der Waals surface area contributed by atoms with Gasteiger partial charge in [-0.05, 0) is 69.1 Å². The summed E-state index contributed by atoms with van der Waals surface area (Å²) < 4.78 is 34.4. The molecular formula is C28H32FN3O4S. The normalized spacial score (nSPS) is 18.5. The average molecular weight is 526 g/mol. The highest BCUT2D eigenvalue weighted by atomic mass is 32.1. The predicted molar refractivity (Wildman–Crippen MR) is 142 cm³/mol. The van der Waals surface area contributed by atoms with Gasteiger partial charge in [-0.3, -0.25) is 9.47 Å². The van der Waals surface area contributed by atoms with E-state index in [1.165, 1.54) is 12.4 Å². The second-order valence-corrected chi connectivity index (χ2v) is 10.5. The first kappa shape index (κ1) is 26.8. The molecule has 2 aromatic carbocycles. The fourth-order valence-corrected chi connectivity index (χ4v) is 4.46. The first-order chi connectivity index (χ1) is 17.6. The quantitative estimate of drug-likeness (QED) is 0.378. The highest BCUT2D eigenvalue weighted by molar-refractivity contribution is 7.80. The Balaban J connectivity index is 1.64. The number of likely N-dealkylation sites (tertiary alicyclic amines) is 1. The van der Waals surface area contributed by atoms with Crippen molar-refractivity contribution < 1.29 is 23.4 Å². The molecule has 3 aromatic rings. The molecule has 37 heavy (non-hydrogen) atoms. The minimum absolute atomic E-state index is 0.140. The zero-order valence-electron chi connectivity index (χ0n) is 21.5. The van der Waals surface area contributed by atoms with E-state index in [1.54, 1.807) is 40.9 Å². The number of carbonyl (C=O) groups excluding carboxylic acids is 1. The summed E-state index contributed by atoms with van der Waals surface area (Å²) in [6, 6.07) is 14.2. The van der Waals surface area contributed by atoms with E-state index in [2.05, 4.69) is 4.98 Å². The van der Waals surface area contributed by atoms with Gasteiger partial charge >= 0.3 is 6.09 Å². The van der Waals surface area contributed by atoms with Gasteiger partial charge in [0.1, 0.15) is 23.8 Å². The molecule has 3 atom stereocenters. The number of amides is 1. The molecule has 2 heterocycles. The summed E-state index contributed by atoms with van der Waals surface area (Å²) in [5, 5.41) is 0.140. The van der Waals surface area contributed by atoms with Crippen LogP contribution < -0.4 is 0 Å². The Labute approximate surface area is 222 Å². The van der Waals surface area contributed by atoms with E-state index >= 15 is 0 Å². The highest BCUT2D eigenvalue weighted by Crippen LogP contribution is 2.36. The molecule has 1 amide bonds. The number of benzene rings is 2. The van der Waals surface area contributed by atoms with Gasteiger partial charge in [0.2, 0.25) is 0 Å². The second-order valence-electron chi connectivity index (χ2n) is 10.1. The van der Waals surface area contributed by atoms with Crippen molar-refractivity contribution in [2.75, 3.05) is 6.54 Å². The topological polar surface area (TPSA) is 65.8 Å². The number of ether oxygens (including phenoxy) is 3. The Kier molecular flexibility index (Phi) is 8.24. The molecule has 9 heteroatoms. The number of nitrogens with zero attached hydrogens (tertiary/aromatic N) is 3. The average Bonchev–Trinajstić information content (AvgIpc) is 3.53. The third kappa shape index (κ3) is 6.93. The summed E-state index contributed by atoms with van der Waals surface area (Å²) in [5.41, 5.74) is 1.42. The summed E-state index contributed by atoms with van der Waals surface area (Å²) in [6.45, 7) is 7.85. The van der Waals surface area contributed by atoms with Crippen LogP contribution in [0.15, 0.2) is 67.3 Å². The van der Waals surface area contributed by atoms with Gasteiger partial charge in [-0.1, -0.05) is 42.5 Å². The van der Waals surface area contributed by atoms with Crippen molar-refractivity contribution in [2.24, 2.45) is 0 Å². The third-order valence-electron chi connectivity index (χ3n) is 6.08. The molecule has 1 unspecified atom stereocenters. The predicted octanol–water partition coefficient (Wildman–Crippen LogP) is 5.82. The third-order valence-corrected chi connectivity index (χ3v) is 6.39. The van der Waals surface area contributed by atoms with Gasteiger partial charge in [0.05, 0.1) is 25.3 Å². The molecule has 7 nitrogen and oxygen atoms in total. The number of hydrogen-bond acceptors (Lipinski definition) is 6. The van der Waals surface area contributed by atoms with Crippen LogP contribution in [-0.2, 0) is 20.8 Å². The maximum Gasteiger partial charge on any atom is 0.410 e. The molecule has 1 aliphatic heterocycles. The zero-order valence-corrected chi connectivity index (χ0v) is 22.3. The van der Waals surface area contributed by atoms with E-state index in [4.69, 9.17) is 26.4 Å². The van der Waals surface area contributed by atoms with Crippen LogP contribution in [0, 0.1) is 12.7 Å². The van der Waals surface area contributed by atoms with Crippen LogP contribution >= 0.6 is 12.2 Å². The molecule has 1 saturated heterocycles. The number of halogens is 1. The van der Waals surface area contributed by atoms with Gasteiger partial charge in [0, 0.05) is 12.4 Å². The summed E-state index contributed by atoms with van der Waals surface area (Å²) in [7, 11) is 0. The van der Waals surface area contributed by atoms with E-state index < -0.39 is 23.8 Å². The van der Waals surface area contributed by atoms with Gasteiger partial charge < -0.3 is 14.2 Å². The van der Waals surface area contributed by atoms with Crippen molar-refractivity contribution in [1.82, 2.24) is 14.5 Å². The molecule has 0 saturated carbocycles. The number of aromatic nitrogens is 2. The van der Waals surface area contributed by atoms with E-state index in [0.29, 0.717) is 30.7 Å². The Hall–Kier alpha value is -3.30. The van der Waals surface area contributed by atoms with Crippen LogP contribution in [0.4, 0.5) is 9.18 Å². The van der Waals surface area contributed by atoms with Crippen molar-refractivity contribution in [3.63, 3.8) is 0 Å². The van der Waals surface area contributed by atoms with Crippen molar-refractivity contribution in [1.29, 1.82) is 0 Å². The van der Waals surface area contributed by atoms with Crippen LogP contribution in [0.5, 0.6) is 0 Å². The number of hydrogen-bond donors (Lipinski definition) is 0. The van der Waals surface area contributed by atoms with Crippen LogP contribution in [-0.4, -0.2) is 50.0 Å². The summed E-state index contributed by atoms with van der Waals surface area (Å²) in [4.78, 5) is 19.0. The SMILES string of the molecule is Cc1ccc(C(OC(=S)n2ccnc2)[C@@H]2C[C@@H](OCc3ccccc3)CN2C(=O)OC(C)(C)C)cc1F. The number of rotatable bonds is 6. The van der Waals surface area contributed by atoms with Crippen molar-refractivity contribution in [3.05, 3.63) is 89.8 Å². The van der Waals surface area contributed by atoms with Gasteiger partial charge in [-0.15, -0.1) is 0 Å². The van der Waals surface area contributed by atoms with Crippen LogP contribution in [0.3, 0.4) is 0 Å². The Morgan fingerprint density at radius 3 is 2.62 bits per heavy atom. The zero-order chi connectivity index (χ0) is 26.6. The summed E-state index contributed by atoms with van der Waals surface area (Å²) >= 11 is 5.52. The fourth-order valence-electron chi connectivity index (χ4n) is 4.24. The minimum atomic E-state index is -0.761. The summed E-state index contributed by atoms with van der Waals surface area (Å²) in [5.74, 6) is -0.363. The van der Waals surface area contributed by atoms with Crippen molar-refractivity contribution >= 4 is 23.5 Å². The molecule has 1 fully saturated rings. The molecule has 1 aliphatic rings. The van der Waals surface area contributed by atoms with E-state index in [1.807, 2.05) is 51.1 Å². The first-order valence-corrected chi connectivity index (χ1v) is 12.6. The molecule has 196 valence electrons. The Morgan fingerprint density at radius 2 is 1.97 bits per heavy atom. The minimum Gasteiger partial charge on any atom is -0.460 e. The molecule has 1 aromatic heterocycles. The van der Waals surface area contributed by atoms with Crippen LogP contribution in [0.2, 0.25) is 0 Å². The molecule has 0 N–H and O–H groups in total. The lowest BCUT2D eigenvalue weighted by atomic mass is 9.98. The molecule has 0 aliphatic carbocycles. The lowest BCUT2D eigenvalue weighted by molar-refractivity contribution is 0.00472. The number of imidazole rings is 1. The Bertz CT molecular complexity index is 1210. The van der Waals surface area contributed by atoms with E-state index in [-0.39, 0.29) is 17.1 Å². The largest absolute Gasteiger partial charge is 0.460 e. The highest BCUT2D eigenvalue weighted by Gasteiger charge is 2.44. The standard InChI is InChI=1S/C28H32FN3O4S/c1-19-10-11-21(14-23(19)29)25(35-27(37)31-13-12-30-18-31)24-15-22(34-17-20-8-6-5-7-9-20)16-32(24)26(33)36-28(2,3)4/h5-14,18,22,24-25H,15-17H2,1-4H3/t22-,24+,25?/m1/s1. The van der Waals surface area contributed by atoms with Gasteiger partial charge in [0.25, 0.3) is 5.17 Å². The molecule has 0 bridgehead atoms. The fraction of sp³-hybridized carbons (Fsp3) is 0.393. The molecule has 0 spiro atoms. The van der Waals surface area contributed by atoms with Crippen molar-refractivity contribution in [3.8, 4) is 0 Å². The van der Waals surface area contributed by atoms with Gasteiger partial charge in [0.15, 0.2) is 0 Å². The Morgan fingerprint density at radius 1 is 1.22 bits per heavy atom. The van der Waals surface area contributed by atoms with Gasteiger partial charge in [-0.25, -0.2) is 14.2 Å².